The molecule has 1 aliphatic heterocycles. The van der Waals surface area contributed by atoms with Crippen LogP contribution in [0.25, 0.3) is 0 Å². The zero-order valence-corrected chi connectivity index (χ0v) is 18.0. The third-order valence-electron chi connectivity index (χ3n) is 5.59. The number of carbonyl (C=O) groups excluding carboxylic acids is 1. The number of hydrogen-bond acceptors (Lipinski definition) is 5. The Hall–Kier alpha value is -2.70. The second-order valence-corrected chi connectivity index (χ2v) is 8.62. The lowest BCUT2D eigenvalue weighted by molar-refractivity contribution is 0.0879. The summed E-state index contributed by atoms with van der Waals surface area (Å²) >= 11 is 1.47. The normalized spacial score (nSPS) is 18.0. The van der Waals surface area contributed by atoms with E-state index in [1.54, 1.807) is 13.3 Å². The number of ether oxygens (including phenoxy) is 1. The van der Waals surface area contributed by atoms with Crippen LogP contribution in [0.5, 0.6) is 5.75 Å². The SMILES string of the molecule is COc1cccc(CN2CCCC(C(NC(=O)c3cccs3)c3ccccn3)C2)c1. The molecule has 2 atom stereocenters. The van der Waals surface area contributed by atoms with Crippen molar-refractivity contribution in [2.45, 2.75) is 25.4 Å². The maximum atomic E-state index is 12.8. The van der Waals surface area contributed by atoms with Gasteiger partial charge < -0.3 is 10.1 Å². The molecule has 1 amide bonds. The second-order valence-electron chi connectivity index (χ2n) is 7.67. The van der Waals surface area contributed by atoms with E-state index in [0.717, 1.165) is 48.8 Å². The molecule has 0 aliphatic carbocycles. The molecular formula is C24H27N3O2S. The number of nitrogens with one attached hydrogen (secondary N) is 1. The standard InChI is InChI=1S/C24H27N3O2S/c1-29-20-9-4-7-18(15-20)16-27-13-5-8-19(17-27)23(21-10-2-3-12-25-21)26-24(28)22-11-6-14-30-22/h2-4,6-7,9-12,14-15,19,23H,5,8,13,16-17H2,1H3,(H,26,28). The summed E-state index contributed by atoms with van der Waals surface area (Å²) < 4.78 is 5.37. The molecule has 0 bridgehead atoms. The van der Waals surface area contributed by atoms with E-state index in [1.165, 1.54) is 16.9 Å². The molecule has 30 heavy (non-hydrogen) atoms. The summed E-state index contributed by atoms with van der Waals surface area (Å²) in [6, 6.07) is 17.8. The Kier molecular flexibility index (Phi) is 6.77. The van der Waals surface area contributed by atoms with Gasteiger partial charge in [0.1, 0.15) is 5.75 Å². The van der Waals surface area contributed by atoms with Crippen LogP contribution in [-0.2, 0) is 6.54 Å². The first-order valence-corrected chi connectivity index (χ1v) is 11.2. The monoisotopic (exact) mass is 421 g/mol. The van der Waals surface area contributed by atoms with E-state index >= 15 is 0 Å². The number of nitrogens with zero attached hydrogens (tertiary/aromatic N) is 2. The second kappa shape index (κ2) is 9.87. The number of benzene rings is 1. The molecule has 5 nitrogen and oxygen atoms in total. The van der Waals surface area contributed by atoms with Gasteiger partial charge in [0.2, 0.25) is 0 Å². The van der Waals surface area contributed by atoms with Crippen LogP contribution in [0.3, 0.4) is 0 Å². The van der Waals surface area contributed by atoms with Crippen molar-refractivity contribution in [1.29, 1.82) is 0 Å². The van der Waals surface area contributed by atoms with Crippen molar-refractivity contribution in [3.05, 3.63) is 82.3 Å². The lowest BCUT2D eigenvalue weighted by Crippen LogP contribution is -2.42. The molecule has 2 unspecified atom stereocenters. The van der Waals surface area contributed by atoms with Crippen molar-refractivity contribution in [2.75, 3.05) is 20.2 Å². The van der Waals surface area contributed by atoms with Crippen molar-refractivity contribution < 1.29 is 9.53 Å². The number of rotatable bonds is 7. The molecule has 1 aliphatic rings. The molecule has 1 fully saturated rings. The van der Waals surface area contributed by atoms with Gasteiger partial charge >= 0.3 is 0 Å². The van der Waals surface area contributed by atoms with Gasteiger partial charge in [0, 0.05) is 19.3 Å². The number of pyridine rings is 1. The number of carbonyl (C=O) groups is 1. The van der Waals surface area contributed by atoms with Gasteiger partial charge in [0.15, 0.2) is 0 Å². The van der Waals surface area contributed by atoms with E-state index in [0.29, 0.717) is 5.92 Å². The predicted molar refractivity (Wildman–Crippen MR) is 120 cm³/mol. The molecule has 0 radical (unpaired) electrons. The summed E-state index contributed by atoms with van der Waals surface area (Å²) in [4.78, 5) is 20.6. The van der Waals surface area contributed by atoms with Crippen LogP contribution < -0.4 is 10.1 Å². The highest BCUT2D eigenvalue weighted by molar-refractivity contribution is 7.12. The van der Waals surface area contributed by atoms with Gasteiger partial charge in [-0.2, -0.15) is 0 Å². The quantitative estimate of drug-likeness (QED) is 0.609. The van der Waals surface area contributed by atoms with Crippen LogP contribution in [0.4, 0.5) is 0 Å². The summed E-state index contributed by atoms with van der Waals surface area (Å²) in [5.41, 5.74) is 2.17. The lowest BCUT2D eigenvalue weighted by Gasteiger charge is -2.37. The molecule has 156 valence electrons. The number of likely N-dealkylation sites (tertiary alicyclic amines) is 1. The molecule has 3 heterocycles. The van der Waals surface area contributed by atoms with Crippen LogP contribution in [0.1, 0.15) is 39.8 Å². The topological polar surface area (TPSA) is 54.5 Å². The summed E-state index contributed by atoms with van der Waals surface area (Å²) in [6.07, 6.45) is 3.98. The number of aromatic nitrogens is 1. The summed E-state index contributed by atoms with van der Waals surface area (Å²) in [5, 5.41) is 5.20. The first-order valence-electron chi connectivity index (χ1n) is 10.3. The van der Waals surface area contributed by atoms with E-state index in [-0.39, 0.29) is 11.9 Å². The smallest absolute Gasteiger partial charge is 0.261 e. The van der Waals surface area contributed by atoms with E-state index in [2.05, 4.69) is 27.3 Å². The first-order chi connectivity index (χ1) is 14.7. The lowest BCUT2D eigenvalue weighted by atomic mass is 9.88. The van der Waals surface area contributed by atoms with Crippen molar-refractivity contribution >= 4 is 17.2 Å². The summed E-state index contributed by atoms with van der Waals surface area (Å²) in [6.45, 7) is 2.85. The van der Waals surface area contributed by atoms with Crippen molar-refractivity contribution in [3.63, 3.8) is 0 Å². The van der Waals surface area contributed by atoms with Crippen molar-refractivity contribution in [3.8, 4) is 5.75 Å². The van der Waals surface area contributed by atoms with Gasteiger partial charge in [0.25, 0.3) is 5.91 Å². The average Bonchev–Trinajstić information content (AvgIpc) is 3.33. The fourth-order valence-electron chi connectivity index (χ4n) is 4.15. The molecule has 6 heteroatoms. The van der Waals surface area contributed by atoms with Crippen LogP contribution in [-0.4, -0.2) is 36.0 Å². The van der Waals surface area contributed by atoms with Crippen molar-refractivity contribution in [2.24, 2.45) is 5.92 Å². The Morgan fingerprint density at radius 3 is 2.97 bits per heavy atom. The molecule has 1 aromatic carbocycles. The van der Waals surface area contributed by atoms with Crippen LogP contribution in [0.15, 0.2) is 66.2 Å². The minimum Gasteiger partial charge on any atom is -0.497 e. The van der Waals surface area contributed by atoms with E-state index in [4.69, 9.17) is 4.74 Å². The number of methoxy groups -OCH3 is 1. The highest BCUT2D eigenvalue weighted by Crippen LogP contribution is 2.30. The highest BCUT2D eigenvalue weighted by atomic mass is 32.1. The maximum absolute atomic E-state index is 12.8. The number of amides is 1. The van der Waals surface area contributed by atoms with E-state index in [1.807, 2.05) is 47.8 Å². The molecule has 3 aromatic rings. The Labute approximate surface area is 181 Å². The number of thiophene rings is 1. The molecule has 2 aromatic heterocycles. The number of piperidine rings is 1. The van der Waals surface area contributed by atoms with Gasteiger partial charge in [-0.3, -0.25) is 14.7 Å². The maximum Gasteiger partial charge on any atom is 0.261 e. The zero-order valence-electron chi connectivity index (χ0n) is 17.2. The molecule has 1 N–H and O–H groups in total. The van der Waals surface area contributed by atoms with Gasteiger partial charge in [-0.05, 0) is 66.6 Å². The van der Waals surface area contributed by atoms with Gasteiger partial charge in [0.05, 0.1) is 23.7 Å². The minimum absolute atomic E-state index is 0.0226. The molecule has 0 saturated carbocycles. The molecule has 0 spiro atoms. The Morgan fingerprint density at radius 1 is 1.27 bits per heavy atom. The average molecular weight is 422 g/mol. The van der Waals surface area contributed by atoms with Crippen molar-refractivity contribution in [1.82, 2.24) is 15.2 Å². The summed E-state index contributed by atoms with van der Waals surface area (Å²) in [5.74, 6) is 1.17. The van der Waals surface area contributed by atoms with Crippen LogP contribution in [0, 0.1) is 5.92 Å². The van der Waals surface area contributed by atoms with Crippen LogP contribution >= 0.6 is 11.3 Å². The first kappa shape index (κ1) is 20.6. The minimum atomic E-state index is -0.103. The van der Waals surface area contributed by atoms with E-state index in [9.17, 15) is 4.79 Å². The van der Waals surface area contributed by atoms with Gasteiger partial charge in [-0.15, -0.1) is 11.3 Å². The van der Waals surface area contributed by atoms with Gasteiger partial charge in [-0.25, -0.2) is 0 Å². The molecular weight excluding hydrogens is 394 g/mol. The fraction of sp³-hybridized carbons (Fsp3) is 0.333. The Balaban J connectivity index is 1.50. The fourth-order valence-corrected chi connectivity index (χ4v) is 4.78. The predicted octanol–water partition coefficient (Wildman–Crippen LogP) is 4.54. The third kappa shape index (κ3) is 5.07. The Bertz CT molecular complexity index is 946. The highest BCUT2D eigenvalue weighted by Gasteiger charge is 2.30. The Morgan fingerprint density at radius 2 is 2.20 bits per heavy atom. The van der Waals surface area contributed by atoms with Crippen LogP contribution in [0.2, 0.25) is 0 Å². The largest absolute Gasteiger partial charge is 0.497 e. The molecule has 4 rings (SSSR count). The third-order valence-corrected chi connectivity index (χ3v) is 6.46. The van der Waals surface area contributed by atoms with Gasteiger partial charge in [-0.1, -0.05) is 24.3 Å². The number of hydrogen-bond donors (Lipinski definition) is 1. The van der Waals surface area contributed by atoms with E-state index < -0.39 is 0 Å². The molecule has 1 saturated heterocycles. The zero-order chi connectivity index (χ0) is 20.8. The summed E-state index contributed by atoms with van der Waals surface area (Å²) in [7, 11) is 1.70.